The Morgan fingerprint density at radius 2 is 1.89 bits per heavy atom. The second kappa shape index (κ2) is 5.99. The van der Waals surface area contributed by atoms with E-state index in [0.29, 0.717) is 15.5 Å². The summed E-state index contributed by atoms with van der Waals surface area (Å²) in [5.41, 5.74) is 0.468. The Bertz CT molecular complexity index is 575. The molecule has 0 amide bonds. The van der Waals surface area contributed by atoms with Crippen molar-refractivity contribution in [2.24, 2.45) is 0 Å². The standard InChI is InChI=1S/C14H11ClO3S/c1-9(18-14(17)12-3-2-8-19-12)13(16)10-4-6-11(15)7-5-10/h2-9H,1H3. The molecule has 1 aromatic carbocycles. The first kappa shape index (κ1) is 13.8. The van der Waals surface area contributed by atoms with Crippen LogP contribution in [0.15, 0.2) is 41.8 Å². The van der Waals surface area contributed by atoms with E-state index >= 15 is 0 Å². The number of hydrogen-bond donors (Lipinski definition) is 0. The van der Waals surface area contributed by atoms with Crippen LogP contribution >= 0.6 is 22.9 Å². The Morgan fingerprint density at radius 1 is 1.21 bits per heavy atom. The van der Waals surface area contributed by atoms with E-state index in [1.807, 2.05) is 0 Å². The molecule has 2 rings (SSSR count). The largest absolute Gasteiger partial charge is 0.450 e. The van der Waals surface area contributed by atoms with Crippen LogP contribution in [0.4, 0.5) is 0 Å². The number of hydrogen-bond acceptors (Lipinski definition) is 4. The van der Waals surface area contributed by atoms with Crippen molar-refractivity contribution in [2.75, 3.05) is 0 Å². The van der Waals surface area contributed by atoms with Crippen molar-refractivity contribution in [3.8, 4) is 0 Å². The molecule has 0 aliphatic heterocycles. The van der Waals surface area contributed by atoms with Crippen LogP contribution < -0.4 is 0 Å². The number of rotatable bonds is 4. The lowest BCUT2D eigenvalue weighted by molar-refractivity contribution is 0.0323. The van der Waals surface area contributed by atoms with E-state index in [9.17, 15) is 9.59 Å². The summed E-state index contributed by atoms with van der Waals surface area (Å²) >= 11 is 7.03. The molecule has 1 atom stereocenters. The molecule has 0 aliphatic rings. The van der Waals surface area contributed by atoms with Crippen LogP contribution in [-0.4, -0.2) is 17.9 Å². The van der Waals surface area contributed by atoms with Gasteiger partial charge in [-0.3, -0.25) is 4.79 Å². The average Bonchev–Trinajstić information content (AvgIpc) is 2.92. The third kappa shape index (κ3) is 3.43. The first-order valence-electron chi connectivity index (χ1n) is 5.62. The van der Waals surface area contributed by atoms with E-state index in [-0.39, 0.29) is 5.78 Å². The summed E-state index contributed by atoms with van der Waals surface area (Å²) < 4.78 is 5.13. The molecule has 1 heterocycles. The van der Waals surface area contributed by atoms with Gasteiger partial charge < -0.3 is 4.74 Å². The molecule has 0 aliphatic carbocycles. The second-order valence-corrected chi connectivity index (χ2v) is 5.28. The predicted octanol–water partition coefficient (Wildman–Crippen LogP) is 3.83. The maximum atomic E-state index is 12.0. The van der Waals surface area contributed by atoms with E-state index in [0.717, 1.165) is 0 Å². The Hall–Kier alpha value is -1.65. The SMILES string of the molecule is CC(OC(=O)c1cccs1)C(=O)c1ccc(Cl)cc1. The first-order valence-corrected chi connectivity index (χ1v) is 6.88. The number of ether oxygens (including phenoxy) is 1. The van der Waals surface area contributed by atoms with Gasteiger partial charge in [-0.2, -0.15) is 0 Å². The van der Waals surface area contributed by atoms with Gasteiger partial charge in [0.05, 0.1) is 0 Å². The van der Waals surface area contributed by atoms with Gasteiger partial charge in [0.1, 0.15) is 4.88 Å². The van der Waals surface area contributed by atoms with Crippen molar-refractivity contribution in [3.05, 3.63) is 57.2 Å². The molecule has 98 valence electrons. The summed E-state index contributed by atoms with van der Waals surface area (Å²) in [6.07, 6.45) is -0.823. The number of ketones is 1. The molecule has 0 fully saturated rings. The lowest BCUT2D eigenvalue weighted by Crippen LogP contribution is -2.24. The Kier molecular flexibility index (Phi) is 4.35. The Labute approximate surface area is 119 Å². The van der Waals surface area contributed by atoms with Crippen molar-refractivity contribution in [1.29, 1.82) is 0 Å². The van der Waals surface area contributed by atoms with Gasteiger partial charge in [-0.05, 0) is 42.6 Å². The smallest absolute Gasteiger partial charge is 0.349 e. The maximum absolute atomic E-state index is 12.0. The highest BCUT2D eigenvalue weighted by Gasteiger charge is 2.20. The summed E-state index contributed by atoms with van der Waals surface area (Å²) in [6.45, 7) is 1.56. The maximum Gasteiger partial charge on any atom is 0.349 e. The lowest BCUT2D eigenvalue weighted by atomic mass is 10.1. The third-order valence-electron chi connectivity index (χ3n) is 2.50. The molecule has 0 spiro atoms. The fourth-order valence-electron chi connectivity index (χ4n) is 1.52. The lowest BCUT2D eigenvalue weighted by Gasteiger charge is -2.11. The van der Waals surface area contributed by atoms with Crippen LogP contribution in [0.5, 0.6) is 0 Å². The van der Waals surface area contributed by atoms with Crippen LogP contribution in [0.1, 0.15) is 27.0 Å². The monoisotopic (exact) mass is 294 g/mol. The highest BCUT2D eigenvalue weighted by atomic mass is 35.5. The molecule has 0 saturated carbocycles. The first-order chi connectivity index (χ1) is 9.08. The van der Waals surface area contributed by atoms with E-state index < -0.39 is 12.1 Å². The normalized spacial score (nSPS) is 11.9. The highest BCUT2D eigenvalue weighted by Crippen LogP contribution is 2.15. The number of carbonyl (C=O) groups is 2. The molecule has 0 N–H and O–H groups in total. The van der Waals surface area contributed by atoms with Gasteiger partial charge in [0.2, 0.25) is 5.78 Å². The number of benzene rings is 1. The fraction of sp³-hybridized carbons (Fsp3) is 0.143. The van der Waals surface area contributed by atoms with E-state index in [1.54, 1.807) is 48.7 Å². The average molecular weight is 295 g/mol. The van der Waals surface area contributed by atoms with E-state index in [4.69, 9.17) is 16.3 Å². The highest BCUT2D eigenvalue weighted by molar-refractivity contribution is 7.11. The van der Waals surface area contributed by atoms with Crippen molar-refractivity contribution >= 4 is 34.7 Å². The van der Waals surface area contributed by atoms with Gasteiger partial charge in [-0.15, -0.1) is 11.3 Å². The van der Waals surface area contributed by atoms with Crippen LogP contribution in [0.25, 0.3) is 0 Å². The van der Waals surface area contributed by atoms with Crippen molar-refractivity contribution < 1.29 is 14.3 Å². The van der Waals surface area contributed by atoms with Gasteiger partial charge in [0.25, 0.3) is 0 Å². The van der Waals surface area contributed by atoms with Crippen LogP contribution in [0, 0.1) is 0 Å². The number of Topliss-reactive ketones (excluding diaryl/α,β-unsaturated/α-hetero) is 1. The zero-order chi connectivity index (χ0) is 13.8. The van der Waals surface area contributed by atoms with Crippen molar-refractivity contribution in [3.63, 3.8) is 0 Å². The molecule has 0 radical (unpaired) electrons. The Morgan fingerprint density at radius 3 is 2.47 bits per heavy atom. The zero-order valence-electron chi connectivity index (χ0n) is 10.1. The molecule has 0 saturated heterocycles. The number of carbonyl (C=O) groups excluding carboxylic acids is 2. The van der Waals surface area contributed by atoms with Crippen LogP contribution in [0.3, 0.4) is 0 Å². The molecule has 2 aromatic rings. The molecule has 5 heteroatoms. The summed E-state index contributed by atoms with van der Waals surface area (Å²) in [7, 11) is 0. The number of thiophene rings is 1. The van der Waals surface area contributed by atoms with Gasteiger partial charge >= 0.3 is 5.97 Å². The van der Waals surface area contributed by atoms with E-state index in [1.165, 1.54) is 11.3 Å². The number of halogens is 1. The summed E-state index contributed by atoms with van der Waals surface area (Å²) in [5, 5.41) is 2.34. The van der Waals surface area contributed by atoms with Gasteiger partial charge in [0.15, 0.2) is 6.10 Å². The van der Waals surface area contributed by atoms with Crippen molar-refractivity contribution in [2.45, 2.75) is 13.0 Å². The van der Waals surface area contributed by atoms with Gasteiger partial charge in [-0.25, -0.2) is 4.79 Å². The third-order valence-corrected chi connectivity index (χ3v) is 3.61. The Balaban J connectivity index is 2.03. The molecule has 3 nitrogen and oxygen atoms in total. The fourth-order valence-corrected chi connectivity index (χ4v) is 2.25. The topological polar surface area (TPSA) is 43.4 Å². The second-order valence-electron chi connectivity index (χ2n) is 3.90. The van der Waals surface area contributed by atoms with E-state index in [2.05, 4.69) is 0 Å². The molecular weight excluding hydrogens is 284 g/mol. The summed E-state index contributed by atoms with van der Waals surface area (Å²) in [6, 6.07) is 9.89. The van der Waals surface area contributed by atoms with Gasteiger partial charge in [-0.1, -0.05) is 17.7 Å². The predicted molar refractivity (Wildman–Crippen MR) is 75.0 cm³/mol. The van der Waals surface area contributed by atoms with Crippen LogP contribution in [0.2, 0.25) is 5.02 Å². The molecular formula is C14H11ClO3S. The van der Waals surface area contributed by atoms with Crippen LogP contribution in [-0.2, 0) is 4.74 Å². The minimum absolute atomic E-state index is 0.249. The molecule has 1 aromatic heterocycles. The minimum atomic E-state index is -0.823. The van der Waals surface area contributed by atoms with Crippen molar-refractivity contribution in [1.82, 2.24) is 0 Å². The zero-order valence-corrected chi connectivity index (χ0v) is 11.7. The minimum Gasteiger partial charge on any atom is -0.450 e. The summed E-state index contributed by atoms with van der Waals surface area (Å²) in [4.78, 5) is 24.2. The molecule has 19 heavy (non-hydrogen) atoms. The molecule has 0 bridgehead atoms. The summed E-state index contributed by atoms with van der Waals surface area (Å²) in [5.74, 6) is -0.730. The van der Waals surface area contributed by atoms with Gasteiger partial charge in [0, 0.05) is 10.6 Å². The molecule has 1 unspecified atom stereocenters. The quantitative estimate of drug-likeness (QED) is 0.636. The number of esters is 1.